The number of hydrogen-bond acceptors (Lipinski definition) is 4. The zero-order valence-corrected chi connectivity index (χ0v) is 16.3. The second-order valence-electron chi connectivity index (χ2n) is 5.97. The van der Waals surface area contributed by atoms with Gasteiger partial charge in [-0.1, -0.05) is 11.6 Å². The van der Waals surface area contributed by atoms with E-state index in [2.05, 4.69) is 10.6 Å². The van der Waals surface area contributed by atoms with Crippen molar-refractivity contribution in [1.29, 1.82) is 0 Å². The Morgan fingerprint density at radius 2 is 2.08 bits per heavy atom. The molecule has 0 atom stereocenters. The third-order valence-electron chi connectivity index (χ3n) is 4.14. The van der Waals surface area contributed by atoms with Crippen molar-refractivity contribution in [3.05, 3.63) is 23.2 Å². The largest absolute Gasteiger partial charge is 0.489 e. The van der Waals surface area contributed by atoms with Crippen LogP contribution in [0.3, 0.4) is 0 Å². The number of anilines is 1. The molecule has 0 saturated carbocycles. The van der Waals surface area contributed by atoms with Crippen LogP contribution in [0, 0.1) is 5.92 Å². The molecule has 7 heteroatoms. The number of hydrogen-bond donors (Lipinski definition) is 2. The van der Waals surface area contributed by atoms with Gasteiger partial charge in [-0.15, -0.1) is 12.4 Å². The Morgan fingerprint density at radius 3 is 2.80 bits per heavy atom. The molecule has 0 unspecified atom stereocenters. The summed E-state index contributed by atoms with van der Waals surface area (Å²) in [7, 11) is 0. The van der Waals surface area contributed by atoms with E-state index in [1.807, 2.05) is 6.92 Å². The first-order valence-electron chi connectivity index (χ1n) is 8.69. The van der Waals surface area contributed by atoms with Gasteiger partial charge in [0.2, 0.25) is 5.91 Å². The minimum Gasteiger partial charge on any atom is -0.489 e. The van der Waals surface area contributed by atoms with Crippen LogP contribution in [0.25, 0.3) is 0 Å². The van der Waals surface area contributed by atoms with E-state index in [0.29, 0.717) is 48.6 Å². The molecule has 1 aromatic rings. The van der Waals surface area contributed by atoms with Crippen LogP contribution in [-0.2, 0) is 9.53 Å². The molecular formula is C18H28Cl2N2O3. The molecule has 0 bridgehead atoms. The van der Waals surface area contributed by atoms with Crippen molar-refractivity contribution in [2.45, 2.75) is 32.6 Å². The maximum atomic E-state index is 12.2. The zero-order valence-electron chi connectivity index (χ0n) is 14.7. The number of carbonyl (C=O) groups is 1. The molecule has 25 heavy (non-hydrogen) atoms. The minimum atomic E-state index is 0. The highest BCUT2D eigenvalue weighted by Gasteiger charge is 2.15. The highest BCUT2D eigenvalue weighted by Crippen LogP contribution is 2.28. The summed E-state index contributed by atoms with van der Waals surface area (Å²) in [6, 6.07) is 5.25. The first kappa shape index (κ1) is 22.0. The van der Waals surface area contributed by atoms with Gasteiger partial charge >= 0.3 is 0 Å². The fourth-order valence-electron chi connectivity index (χ4n) is 2.80. The van der Waals surface area contributed by atoms with Crippen LogP contribution in [0.4, 0.5) is 5.69 Å². The highest BCUT2D eigenvalue weighted by atomic mass is 35.5. The summed E-state index contributed by atoms with van der Waals surface area (Å²) in [6.45, 7) is 5.66. The van der Waals surface area contributed by atoms with Crippen LogP contribution in [0.1, 0.15) is 32.6 Å². The van der Waals surface area contributed by atoms with Crippen molar-refractivity contribution in [1.82, 2.24) is 5.32 Å². The maximum Gasteiger partial charge on any atom is 0.224 e. The molecule has 1 fully saturated rings. The Balaban J connectivity index is 0.00000312. The van der Waals surface area contributed by atoms with Gasteiger partial charge in [-0.25, -0.2) is 0 Å². The van der Waals surface area contributed by atoms with Crippen LogP contribution in [0.15, 0.2) is 18.2 Å². The van der Waals surface area contributed by atoms with E-state index in [0.717, 1.165) is 32.4 Å². The average molecular weight is 391 g/mol. The summed E-state index contributed by atoms with van der Waals surface area (Å²) in [5.41, 5.74) is 0.620. The summed E-state index contributed by atoms with van der Waals surface area (Å²) in [5.74, 6) is 1.26. The number of amides is 1. The van der Waals surface area contributed by atoms with E-state index >= 15 is 0 Å². The third-order valence-corrected chi connectivity index (χ3v) is 4.38. The van der Waals surface area contributed by atoms with Gasteiger partial charge in [-0.3, -0.25) is 4.79 Å². The number of piperidine rings is 1. The predicted octanol–water partition coefficient (Wildman–Crippen LogP) is 3.90. The third kappa shape index (κ3) is 8.27. The van der Waals surface area contributed by atoms with E-state index in [-0.39, 0.29) is 18.3 Å². The molecule has 142 valence electrons. The second kappa shape index (κ2) is 12.4. The lowest BCUT2D eigenvalue weighted by Gasteiger charge is -2.22. The number of ether oxygens (including phenoxy) is 2. The first-order chi connectivity index (χ1) is 11.7. The quantitative estimate of drug-likeness (QED) is 0.627. The Kier molecular flexibility index (Phi) is 10.9. The van der Waals surface area contributed by atoms with Crippen LogP contribution in [-0.4, -0.2) is 38.8 Å². The maximum absolute atomic E-state index is 12.2. The van der Waals surface area contributed by atoms with E-state index < -0.39 is 0 Å². The van der Waals surface area contributed by atoms with Crippen molar-refractivity contribution in [3.63, 3.8) is 0 Å². The van der Waals surface area contributed by atoms with Gasteiger partial charge in [0.15, 0.2) is 0 Å². The molecule has 2 N–H and O–H groups in total. The smallest absolute Gasteiger partial charge is 0.224 e. The molecule has 0 radical (unpaired) electrons. The van der Waals surface area contributed by atoms with Gasteiger partial charge in [0.25, 0.3) is 0 Å². The van der Waals surface area contributed by atoms with Crippen LogP contribution in [0.2, 0.25) is 5.02 Å². The number of nitrogens with one attached hydrogen (secondary N) is 2. The summed E-state index contributed by atoms with van der Waals surface area (Å²) >= 11 is 6.04. The Morgan fingerprint density at radius 1 is 1.32 bits per heavy atom. The van der Waals surface area contributed by atoms with E-state index in [4.69, 9.17) is 21.1 Å². The molecule has 2 rings (SSSR count). The number of rotatable bonds is 9. The molecule has 1 saturated heterocycles. The van der Waals surface area contributed by atoms with E-state index in [1.54, 1.807) is 18.2 Å². The lowest BCUT2D eigenvalue weighted by atomic mass is 9.93. The van der Waals surface area contributed by atoms with Crippen LogP contribution >= 0.6 is 24.0 Å². The molecule has 1 amide bonds. The van der Waals surface area contributed by atoms with Gasteiger partial charge < -0.3 is 20.1 Å². The van der Waals surface area contributed by atoms with Crippen molar-refractivity contribution in [2.24, 2.45) is 5.92 Å². The molecule has 1 aromatic carbocycles. The number of benzene rings is 1. The van der Waals surface area contributed by atoms with Crippen molar-refractivity contribution in [3.8, 4) is 5.75 Å². The van der Waals surface area contributed by atoms with Gasteiger partial charge in [0, 0.05) is 18.1 Å². The normalized spacial score (nSPS) is 14.6. The summed E-state index contributed by atoms with van der Waals surface area (Å²) < 4.78 is 10.9. The highest BCUT2D eigenvalue weighted by molar-refractivity contribution is 6.31. The van der Waals surface area contributed by atoms with Crippen LogP contribution in [0.5, 0.6) is 5.75 Å². The average Bonchev–Trinajstić information content (AvgIpc) is 2.59. The topological polar surface area (TPSA) is 59.6 Å². The van der Waals surface area contributed by atoms with Crippen molar-refractivity contribution in [2.75, 3.05) is 38.2 Å². The standard InChI is InChI=1S/C18H27ClN2O3.ClH/c1-2-23-11-12-24-17-5-4-15(19)13-16(17)21-18(22)6-3-14-7-9-20-10-8-14;/h4-5,13-14,20H,2-3,6-12H2,1H3,(H,21,22);1H. The summed E-state index contributed by atoms with van der Waals surface area (Å²) in [5, 5.41) is 6.84. The van der Waals surface area contributed by atoms with Gasteiger partial charge in [0.1, 0.15) is 12.4 Å². The van der Waals surface area contributed by atoms with Gasteiger partial charge in [-0.05, 0) is 63.4 Å². The molecule has 0 aliphatic carbocycles. The molecule has 5 nitrogen and oxygen atoms in total. The molecule has 1 heterocycles. The summed E-state index contributed by atoms with van der Waals surface area (Å²) in [4.78, 5) is 12.2. The summed E-state index contributed by atoms with van der Waals surface area (Å²) in [6.07, 6.45) is 3.75. The molecule has 1 aliphatic rings. The van der Waals surface area contributed by atoms with Crippen molar-refractivity contribution >= 4 is 35.6 Å². The second-order valence-corrected chi connectivity index (χ2v) is 6.40. The number of halogens is 2. The predicted molar refractivity (Wildman–Crippen MR) is 104 cm³/mol. The van der Waals surface area contributed by atoms with Gasteiger partial charge in [0.05, 0.1) is 12.3 Å². The fraction of sp³-hybridized carbons (Fsp3) is 0.611. The molecule has 1 aliphatic heterocycles. The number of carbonyl (C=O) groups excluding carboxylic acids is 1. The Hall–Kier alpha value is -1.01. The lowest BCUT2D eigenvalue weighted by Crippen LogP contribution is -2.28. The molecular weight excluding hydrogens is 363 g/mol. The minimum absolute atomic E-state index is 0. The lowest BCUT2D eigenvalue weighted by molar-refractivity contribution is -0.116. The SMILES string of the molecule is CCOCCOc1ccc(Cl)cc1NC(=O)CCC1CCNCC1.Cl. The molecule has 0 aromatic heterocycles. The van der Waals surface area contributed by atoms with Gasteiger partial charge in [-0.2, -0.15) is 0 Å². The van der Waals surface area contributed by atoms with E-state index in [1.165, 1.54) is 0 Å². The first-order valence-corrected chi connectivity index (χ1v) is 9.07. The zero-order chi connectivity index (χ0) is 17.2. The molecule has 0 spiro atoms. The monoisotopic (exact) mass is 390 g/mol. The van der Waals surface area contributed by atoms with Crippen molar-refractivity contribution < 1.29 is 14.3 Å². The van der Waals surface area contributed by atoms with Crippen LogP contribution < -0.4 is 15.4 Å². The Bertz CT molecular complexity index is 523. The van der Waals surface area contributed by atoms with E-state index in [9.17, 15) is 4.79 Å². The fourth-order valence-corrected chi connectivity index (χ4v) is 2.97. The Labute approximate surface area is 161 Å².